The topological polar surface area (TPSA) is 95.4 Å². The van der Waals surface area contributed by atoms with Crippen LogP contribution in [0.3, 0.4) is 0 Å². The molecular formula is C26H25N5O3. The van der Waals surface area contributed by atoms with E-state index in [1.54, 1.807) is 27.3 Å². The second kappa shape index (κ2) is 8.55. The maximum atomic E-state index is 13.6. The second-order valence-electron chi connectivity index (χ2n) is 8.39. The Labute approximate surface area is 196 Å². The molecule has 5 rings (SSSR count). The van der Waals surface area contributed by atoms with Gasteiger partial charge in [0.25, 0.3) is 0 Å². The Morgan fingerprint density at radius 2 is 1.79 bits per heavy atom. The van der Waals surface area contributed by atoms with Crippen LogP contribution in [0.5, 0.6) is 11.5 Å². The number of aromatic nitrogens is 3. The number of ether oxygens (including phenoxy) is 1. The Bertz CT molecular complexity index is 1420. The SMILES string of the molecule is C=CC(=O)N(C)C1CC(n2c(=O)n(-c3ccc(Oc4ccccc4)cc3)c3c(N)nccc32)C1. The number of rotatable bonds is 6. The number of nitrogens with two attached hydrogens (primary N) is 1. The number of carbonyl (C=O) groups excluding carboxylic acids is 1. The van der Waals surface area contributed by atoms with Gasteiger partial charge in [-0.15, -0.1) is 0 Å². The van der Waals surface area contributed by atoms with E-state index in [1.165, 1.54) is 6.08 Å². The molecule has 8 heteroatoms. The largest absolute Gasteiger partial charge is 0.457 e. The number of hydrogen-bond donors (Lipinski definition) is 1. The summed E-state index contributed by atoms with van der Waals surface area (Å²) in [5, 5.41) is 0. The third kappa shape index (κ3) is 3.63. The van der Waals surface area contributed by atoms with Crippen LogP contribution in [0.2, 0.25) is 0 Å². The summed E-state index contributed by atoms with van der Waals surface area (Å²) in [5.41, 5.74) is 8.01. The van der Waals surface area contributed by atoms with Crippen molar-refractivity contribution in [3.63, 3.8) is 0 Å². The van der Waals surface area contributed by atoms with Crippen LogP contribution in [0.15, 0.2) is 84.3 Å². The minimum Gasteiger partial charge on any atom is -0.457 e. The van der Waals surface area contributed by atoms with Crippen molar-refractivity contribution >= 4 is 22.8 Å². The van der Waals surface area contributed by atoms with Gasteiger partial charge in [0.15, 0.2) is 0 Å². The number of hydrogen-bond acceptors (Lipinski definition) is 5. The Kier molecular flexibility index (Phi) is 5.41. The van der Waals surface area contributed by atoms with E-state index in [1.807, 2.05) is 60.7 Å². The Balaban J connectivity index is 1.49. The van der Waals surface area contributed by atoms with E-state index in [-0.39, 0.29) is 29.5 Å². The molecule has 0 unspecified atom stereocenters. The Morgan fingerprint density at radius 3 is 2.47 bits per heavy atom. The number of anilines is 1. The summed E-state index contributed by atoms with van der Waals surface area (Å²) >= 11 is 0. The van der Waals surface area contributed by atoms with Crippen molar-refractivity contribution in [1.29, 1.82) is 0 Å². The van der Waals surface area contributed by atoms with Gasteiger partial charge in [-0.3, -0.25) is 13.9 Å². The standard InChI is InChI=1S/C26H25N5O3/c1-3-23(32)29(2)18-15-19(16-18)30-22-13-14-28-25(27)24(22)31(26(30)33)17-9-11-21(12-10-17)34-20-7-5-4-6-8-20/h3-14,18-19H,1,15-16H2,2H3,(H2,27,28). The molecule has 34 heavy (non-hydrogen) atoms. The van der Waals surface area contributed by atoms with Gasteiger partial charge in [-0.05, 0) is 61.4 Å². The fraction of sp³-hybridized carbons (Fsp3) is 0.192. The number of fused-ring (bicyclic) bond motifs is 1. The predicted molar refractivity (Wildman–Crippen MR) is 131 cm³/mol. The maximum absolute atomic E-state index is 13.6. The molecule has 0 radical (unpaired) electrons. The smallest absolute Gasteiger partial charge is 0.334 e. The van der Waals surface area contributed by atoms with Crippen LogP contribution in [0, 0.1) is 0 Å². The number of pyridine rings is 1. The number of likely N-dealkylation sites (N-methyl/N-ethyl adjacent to an activating group) is 1. The van der Waals surface area contributed by atoms with E-state index in [4.69, 9.17) is 10.5 Å². The molecule has 172 valence electrons. The molecule has 1 saturated carbocycles. The minimum atomic E-state index is -0.187. The molecule has 1 amide bonds. The number of imidazole rings is 1. The van der Waals surface area contributed by atoms with Gasteiger partial charge in [-0.1, -0.05) is 24.8 Å². The molecular weight excluding hydrogens is 430 g/mol. The lowest BCUT2D eigenvalue weighted by Gasteiger charge is -2.41. The van der Waals surface area contributed by atoms with E-state index in [0.717, 1.165) is 11.3 Å². The van der Waals surface area contributed by atoms with Crippen LogP contribution in [0.25, 0.3) is 16.7 Å². The van der Waals surface area contributed by atoms with Gasteiger partial charge in [-0.2, -0.15) is 0 Å². The molecule has 8 nitrogen and oxygen atoms in total. The van der Waals surface area contributed by atoms with Crippen LogP contribution in [-0.2, 0) is 4.79 Å². The average molecular weight is 456 g/mol. The first-order valence-corrected chi connectivity index (χ1v) is 11.1. The summed E-state index contributed by atoms with van der Waals surface area (Å²) in [5.74, 6) is 1.56. The number of carbonyl (C=O) groups is 1. The number of nitrogen functional groups attached to an aromatic ring is 1. The summed E-state index contributed by atoms with van der Waals surface area (Å²) in [6, 6.07) is 18.6. The molecule has 1 fully saturated rings. The van der Waals surface area contributed by atoms with Crippen molar-refractivity contribution in [2.24, 2.45) is 0 Å². The summed E-state index contributed by atoms with van der Waals surface area (Å²) in [7, 11) is 1.76. The lowest BCUT2D eigenvalue weighted by Crippen LogP contribution is -2.47. The van der Waals surface area contributed by atoms with Gasteiger partial charge in [0.1, 0.15) is 22.8 Å². The van der Waals surface area contributed by atoms with Crippen LogP contribution in [-0.4, -0.2) is 38.0 Å². The first kappa shape index (κ1) is 21.5. The van der Waals surface area contributed by atoms with Crippen LogP contribution >= 0.6 is 0 Å². The maximum Gasteiger partial charge on any atom is 0.334 e. The highest BCUT2D eigenvalue weighted by molar-refractivity contribution is 5.88. The number of amides is 1. The van der Waals surface area contributed by atoms with E-state index < -0.39 is 0 Å². The zero-order chi connectivity index (χ0) is 23.8. The molecule has 0 saturated heterocycles. The molecule has 2 aromatic carbocycles. The van der Waals surface area contributed by atoms with Crippen LogP contribution < -0.4 is 16.2 Å². The van der Waals surface area contributed by atoms with Crippen molar-refractivity contribution in [2.45, 2.75) is 24.9 Å². The van der Waals surface area contributed by atoms with Gasteiger partial charge >= 0.3 is 5.69 Å². The van der Waals surface area contributed by atoms with E-state index in [0.29, 0.717) is 29.8 Å². The van der Waals surface area contributed by atoms with Crippen molar-refractivity contribution in [3.05, 3.63) is 90.0 Å². The Hall–Kier alpha value is -4.33. The summed E-state index contributed by atoms with van der Waals surface area (Å²) < 4.78 is 9.24. The predicted octanol–water partition coefficient (Wildman–Crippen LogP) is 3.91. The Morgan fingerprint density at radius 1 is 1.12 bits per heavy atom. The first-order chi connectivity index (χ1) is 16.5. The monoisotopic (exact) mass is 455 g/mol. The molecule has 2 N–H and O–H groups in total. The normalized spacial score (nSPS) is 17.2. The van der Waals surface area contributed by atoms with Crippen molar-refractivity contribution < 1.29 is 9.53 Å². The van der Waals surface area contributed by atoms with E-state index in [9.17, 15) is 9.59 Å². The van der Waals surface area contributed by atoms with Crippen molar-refractivity contribution in [3.8, 4) is 17.2 Å². The minimum absolute atomic E-state index is 0.0381. The number of para-hydroxylation sites is 1. The second-order valence-corrected chi connectivity index (χ2v) is 8.39. The van der Waals surface area contributed by atoms with Gasteiger partial charge in [0.2, 0.25) is 5.91 Å². The van der Waals surface area contributed by atoms with Crippen molar-refractivity contribution in [2.75, 3.05) is 12.8 Å². The van der Waals surface area contributed by atoms with Crippen LogP contribution in [0.1, 0.15) is 18.9 Å². The lowest BCUT2D eigenvalue weighted by molar-refractivity contribution is -0.128. The fourth-order valence-corrected chi connectivity index (χ4v) is 4.48. The fourth-order valence-electron chi connectivity index (χ4n) is 4.48. The van der Waals surface area contributed by atoms with Gasteiger partial charge in [0.05, 0.1) is 11.2 Å². The number of benzene rings is 2. The van der Waals surface area contributed by atoms with Gasteiger partial charge < -0.3 is 15.4 Å². The molecule has 1 aliphatic carbocycles. The first-order valence-electron chi connectivity index (χ1n) is 11.1. The molecule has 4 aromatic rings. The quantitative estimate of drug-likeness (QED) is 0.445. The number of nitrogens with zero attached hydrogens (tertiary/aromatic N) is 4. The third-order valence-corrected chi connectivity index (χ3v) is 6.41. The molecule has 0 atom stereocenters. The van der Waals surface area contributed by atoms with E-state index >= 15 is 0 Å². The van der Waals surface area contributed by atoms with Gasteiger partial charge in [0, 0.05) is 25.3 Å². The summed E-state index contributed by atoms with van der Waals surface area (Å²) in [4.78, 5) is 31.5. The highest BCUT2D eigenvalue weighted by atomic mass is 16.5. The highest BCUT2D eigenvalue weighted by Gasteiger charge is 2.37. The molecule has 0 aliphatic heterocycles. The third-order valence-electron chi connectivity index (χ3n) is 6.41. The van der Waals surface area contributed by atoms with Gasteiger partial charge in [-0.25, -0.2) is 9.78 Å². The zero-order valence-electron chi connectivity index (χ0n) is 18.8. The molecule has 0 bridgehead atoms. The average Bonchev–Trinajstić information content (AvgIpc) is 3.12. The summed E-state index contributed by atoms with van der Waals surface area (Å²) in [6.07, 6.45) is 4.28. The highest BCUT2D eigenvalue weighted by Crippen LogP contribution is 2.37. The molecule has 2 aromatic heterocycles. The molecule has 2 heterocycles. The van der Waals surface area contributed by atoms with Crippen LogP contribution in [0.4, 0.5) is 5.82 Å². The van der Waals surface area contributed by atoms with E-state index in [2.05, 4.69) is 11.6 Å². The summed E-state index contributed by atoms with van der Waals surface area (Å²) in [6.45, 7) is 3.55. The molecule has 1 aliphatic rings. The van der Waals surface area contributed by atoms with Crippen molar-refractivity contribution in [1.82, 2.24) is 19.0 Å². The lowest BCUT2D eigenvalue weighted by atomic mass is 9.85. The zero-order valence-corrected chi connectivity index (χ0v) is 18.8. The molecule has 0 spiro atoms.